The van der Waals surface area contributed by atoms with Crippen LogP contribution in [0.5, 0.6) is 0 Å². The molecule has 0 aliphatic heterocycles. The summed E-state index contributed by atoms with van der Waals surface area (Å²) < 4.78 is 5.25. The molecule has 0 radical (unpaired) electrons. The van der Waals surface area contributed by atoms with Crippen LogP contribution in [-0.4, -0.2) is 35.5 Å². The largest absolute Gasteiger partial charge is 0.445 e. The van der Waals surface area contributed by atoms with Crippen LogP contribution in [0.25, 0.3) is 0 Å². The fraction of sp³-hybridized carbons (Fsp3) is 0.478. The summed E-state index contributed by atoms with van der Waals surface area (Å²) in [5, 5.41) is 7.69. The number of nitrogens with one attached hydrogen (secondary N) is 3. The number of ether oxygens (including phenoxy) is 1. The van der Waals surface area contributed by atoms with Gasteiger partial charge in [-0.2, -0.15) is 0 Å². The Hall–Kier alpha value is -2.98. The SMILES string of the molecule is CCC[C@H](NC(=O)OCc1ccccc1)C(=O)NC[C@H](CC(C)C)c1csc(C(=O)NN)n1. The first-order chi connectivity index (χ1) is 15.8. The average molecular weight is 476 g/mol. The molecule has 33 heavy (non-hydrogen) atoms. The highest BCUT2D eigenvalue weighted by atomic mass is 32.1. The summed E-state index contributed by atoms with van der Waals surface area (Å²) in [7, 11) is 0. The number of carbonyl (C=O) groups excluding carboxylic acids is 3. The molecule has 180 valence electrons. The number of nitrogen functional groups attached to an aromatic ring is 1. The lowest BCUT2D eigenvalue weighted by molar-refractivity contribution is -0.123. The van der Waals surface area contributed by atoms with E-state index in [9.17, 15) is 14.4 Å². The van der Waals surface area contributed by atoms with Crippen molar-refractivity contribution in [2.75, 3.05) is 6.54 Å². The van der Waals surface area contributed by atoms with Crippen LogP contribution < -0.4 is 21.9 Å². The van der Waals surface area contributed by atoms with Crippen LogP contribution >= 0.6 is 11.3 Å². The van der Waals surface area contributed by atoms with Crippen LogP contribution in [0.3, 0.4) is 0 Å². The molecular formula is C23H33N5O4S. The van der Waals surface area contributed by atoms with Crippen LogP contribution in [0.1, 0.15) is 67.0 Å². The predicted molar refractivity (Wildman–Crippen MR) is 127 cm³/mol. The first kappa shape index (κ1) is 26.3. The lowest BCUT2D eigenvalue weighted by Crippen LogP contribution is -2.47. The van der Waals surface area contributed by atoms with Crippen molar-refractivity contribution in [3.05, 3.63) is 52.0 Å². The molecule has 2 rings (SSSR count). The number of hydrogen-bond acceptors (Lipinski definition) is 7. The number of hydrogen-bond donors (Lipinski definition) is 4. The van der Waals surface area contributed by atoms with E-state index in [1.54, 1.807) is 0 Å². The number of rotatable bonds is 12. The summed E-state index contributed by atoms with van der Waals surface area (Å²) >= 11 is 1.21. The van der Waals surface area contributed by atoms with Crippen molar-refractivity contribution >= 4 is 29.2 Å². The van der Waals surface area contributed by atoms with Gasteiger partial charge in [0.2, 0.25) is 5.91 Å². The number of hydrazine groups is 1. The monoisotopic (exact) mass is 475 g/mol. The predicted octanol–water partition coefficient (Wildman–Crippen LogP) is 3.09. The van der Waals surface area contributed by atoms with Crippen LogP contribution in [0, 0.1) is 5.92 Å². The minimum Gasteiger partial charge on any atom is -0.445 e. The Morgan fingerprint density at radius 3 is 2.55 bits per heavy atom. The normalized spacial score (nSPS) is 12.6. The summed E-state index contributed by atoms with van der Waals surface area (Å²) in [6, 6.07) is 8.64. The van der Waals surface area contributed by atoms with Gasteiger partial charge < -0.3 is 15.4 Å². The fourth-order valence-corrected chi connectivity index (χ4v) is 4.13. The van der Waals surface area contributed by atoms with Gasteiger partial charge in [-0.3, -0.25) is 15.0 Å². The number of benzene rings is 1. The summed E-state index contributed by atoms with van der Waals surface area (Å²) in [6.07, 6.45) is 1.34. The van der Waals surface area contributed by atoms with Crippen molar-refractivity contribution < 1.29 is 19.1 Å². The van der Waals surface area contributed by atoms with E-state index < -0.39 is 18.0 Å². The van der Waals surface area contributed by atoms with Crippen molar-refractivity contribution in [1.82, 2.24) is 21.0 Å². The zero-order valence-corrected chi connectivity index (χ0v) is 20.1. The van der Waals surface area contributed by atoms with Gasteiger partial charge in [-0.25, -0.2) is 15.6 Å². The molecule has 5 N–H and O–H groups in total. The van der Waals surface area contributed by atoms with Gasteiger partial charge in [0.1, 0.15) is 12.6 Å². The van der Waals surface area contributed by atoms with Crippen molar-refractivity contribution in [3.8, 4) is 0 Å². The maximum Gasteiger partial charge on any atom is 0.408 e. The lowest BCUT2D eigenvalue weighted by Gasteiger charge is -2.21. The van der Waals surface area contributed by atoms with Crippen LogP contribution in [0.15, 0.2) is 35.7 Å². The molecule has 0 spiro atoms. The van der Waals surface area contributed by atoms with E-state index in [0.29, 0.717) is 18.9 Å². The number of alkyl carbamates (subject to hydrolysis) is 1. The molecule has 10 heteroatoms. The minimum absolute atomic E-state index is 0.0724. The lowest BCUT2D eigenvalue weighted by atomic mass is 9.94. The van der Waals surface area contributed by atoms with Crippen LogP contribution in [-0.2, 0) is 16.1 Å². The quantitative estimate of drug-likeness (QED) is 0.212. The highest BCUT2D eigenvalue weighted by molar-refractivity contribution is 7.11. The molecule has 0 fully saturated rings. The van der Waals surface area contributed by atoms with E-state index in [2.05, 4.69) is 34.9 Å². The van der Waals surface area contributed by atoms with E-state index in [1.807, 2.05) is 42.6 Å². The van der Waals surface area contributed by atoms with Gasteiger partial charge in [-0.1, -0.05) is 57.5 Å². The van der Waals surface area contributed by atoms with Crippen LogP contribution in [0.2, 0.25) is 0 Å². The molecule has 0 unspecified atom stereocenters. The molecule has 3 amide bonds. The second kappa shape index (κ2) is 13.5. The molecule has 9 nitrogen and oxygen atoms in total. The van der Waals surface area contributed by atoms with Gasteiger partial charge in [0.15, 0.2) is 5.01 Å². The number of carbonyl (C=O) groups is 3. The summed E-state index contributed by atoms with van der Waals surface area (Å²) in [6.45, 7) is 6.58. The zero-order chi connectivity index (χ0) is 24.2. The maximum atomic E-state index is 12.8. The molecule has 2 aromatic rings. The Labute approximate surface area is 198 Å². The van der Waals surface area contributed by atoms with E-state index in [0.717, 1.165) is 24.1 Å². The molecule has 1 aromatic heterocycles. The number of nitrogens with two attached hydrogens (primary N) is 1. The Morgan fingerprint density at radius 2 is 1.91 bits per heavy atom. The van der Waals surface area contributed by atoms with E-state index in [4.69, 9.17) is 10.6 Å². The van der Waals surface area contributed by atoms with Crippen molar-refractivity contribution in [3.63, 3.8) is 0 Å². The summed E-state index contributed by atoms with van der Waals surface area (Å²) in [5.41, 5.74) is 3.68. The van der Waals surface area contributed by atoms with Gasteiger partial charge in [0, 0.05) is 17.8 Å². The maximum absolute atomic E-state index is 12.8. The second-order valence-electron chi connectivity index (χ2n) is 8.17. The highest BCUT2D eigenvalue weighted by Gasteiger charge is 2.24. The van der Waals surface area contributed by atoms with Crippen molar-refractivity contribution in [1.29, 1.82) is 0 Å². The first-order valence-electron chi connectivity index (χ1n) is 11.0. The Balaban J connectivity index is 1.96. The van der Waals surface area contributed by atoms with Gasteiger partial charge in [-0.15, -0.1) is 11.3 Å². The molecule has 0 bridgehead atoms. The Bertz CT molecular complexity index is 903. The summed E-state index contributed by atoms with van der Waals surface area (Å²) in [4.78, 5) is 41.2. The number of thiazole rings is 1. The first-order valence-corrected chi connectivity index (χ1v) is 11.9. The fourth-order valence-electron chi connectivity index (χ4n) is 3.33. The smallest absolute Gasteiger partial charge is 0.408 e. The Kier molecular flexibility index (Phi) is 10.8. The number of aromatic nitrogens is 1. The van der Waals surface area contributed by atoms with E-state index in [1.165, 1.54) is 11.3 Å². The molecule has 0 aliphatic rings. The van der Waals surface area contributed by atoms with E-state index in [-0.39, 0.29) is 23.4 Å². The number of nitrogens with zero attached hydrogens (tertiary/aromatic N) is 1. The molecule has 0 aliphatic carbocycles. The molecule has 0 saturated carbocycles. The zero-order valence-electron chi connectivity index (χ0n) is 19.3. The van der Waals surface area contributed by atoms with Gasteiger partial charge in [0.05, 0.1) is 5.69 Å². The van der Waals surface area contributed by atoms with Crippen LogP contribution in [0.4, 0.5) is 4.79 Å². The van der Waals surface area contributed by atoms with Gasteiger partial charge in [-0.05, 0) is 24.3 Å². The number of amides is 3. The highest BCUT2D eigenvalue weighted by Crippen LogP contribution is 2.25. The second-order valence-corrected chi connectivity index (χ2v) is 9.03. The average Bonchev–Trinajstić information content (AvgIpc) is 3.30. The molecule has 2 atom stereocenters. The molecule has 1 aromatic carbocycles. The topological polar surface area (TPSA) is 135 Å². The van der Waals surface area contributed by atoms with Gasteiger partial charge in [0.25, 0.3) is 5.91 Å². The standard InChI is InChI=1S/C23H33N5O4S/c1-4-8-18(27-23(31)32-13-16-9-6-5-7-10-16)20(29)25-12-17(11-15(2)3)19-14-33-22(26-19)21(30)28-24/h5-7,9-10,14-15,17-18H,4,8,11-13,24H2,1-3H3,(H,25,29)(H,27,31)(H,28,30)/t17-,18-/m0/s1. The Morgan fingerprint density at radius 1 is 1.18 bits per heavy atom. The third kappa shape index (κ3) is 8.82. The molecule has 1 heterocycles. The van der Waals surface area contributed by atoms with Crippen molar-refractivity contribution in [2.45, 2.75) is 58.6 Å². The van der Waals surface area contributed by atoms with E-state index >= 15 is 0 Å². The molecular weight excluding hydrogens is 442 g/mol. The summed E-state index contributed by atoms with van der Waals surface area (Å²) in [5.74, 6) is 4.75. The minimum atomic E-state index is -0.702. The van der Waals surface area contributed by atoms with Gasteiger partial charge >= 0.3 is 6.09 Å². The molecule has 0 saturated heterocycles. The third-order valence-electron chi connectivity index (χ3n) is 4.94. The third-order valence-corrected chi connectivity index (χ3v) is 5.80. The van der Waals surface area contributed by atoms with Crippen molar-refractivity contribution in [2.24, 2.45) is 11.8 Å².